The molecule has 2 aromatic rings. The third kappa shape index (κ3) is 2.28. The number of carbonyl (C=O) groups is 1. The fourth-order valence-corrected chi connectivity index (χ4v) is 1.49. The highest BCUT2D eigenvalue weighted by Gasteiger charge is 2.00. The lowest BCUT2D eigenvalue weighted by Gasteiger charge is -2.04. The van der Waals surface area contributed by atoms with Crippen LogP contribution in [-0.4, -0.2) is 22.6 Å². The number of aryl methyl sites for hydroxylation is 1. The number of anilines is 1. The van der Waals surface area contributed by atoms with Crippen LogP contribution < -0.4 is 5.32 Å². The average Bonchev–Trinajstić information content (AvgIpc) is 2.25. The van der Waals surface area contributed by atoms with Crippen molar-refractivity contribution in [3.63, 3.8) is 0 Å². The van der Waals surface area contributed by atoms with E-state index < -0.39 is 5.97 Å². The Kier molecular flexibility index (Phi) is 2.72. The molecule has 4 heteroatoms. The summed E-state index contributed by atoms with van der Waals surface area (Å²) in [6, 6.07) is 9.70. The molecule has 0 aliphatic heterocycles. The molecule has 2 N–H and O–H groups in total. The highest BCUT2D eigenvalue weighted by molar-refractivity contribution is 5.81. The number of nitrogens with zero attached hydrogens (tertiary/aromatic N) is 1. The highest BCUT2D eigenvalue weighted by atomic mass is 16.4. The molecule has 82 valence electrons. The quantitative estimate of drug-likeness (QED) is 0.824. The Labute approximate surface area is 92.9 Å². The number of carboxylic acids is 1. The molecular formula is C12H12N2O2. The van der Waals surface area contributed by atoms with Crippen molar-refractivity contribution in [2.45, 2.75) is 6.92 Å². The first-order valence-electron chi connectivity index (χ1n) is 4.98. The molecule has 0 spiro atoms. The van der Waals surface area contributed by atoms with Crippen LogP contribution in [0.4, 0.5) is 5.82 Å². The molecule has 2 rings (SSSR count). The van der Waals surface area contributed by atoms with E-state index in [4.69, 9.17) is 5.11 Å². The van der Waals surface area contributed by atoms with Crippen LogP contribution in [0.15, 0.2) is 30.3 Å². The lowest BCUT2D eigenvalue weighted by molar-refractivity contribution is -0.134. The molecule has 0 aliphatic rings. The Bertz CT molecular complexity index is 538. The molecule has 4 nitrogen and oxygen atoms in total. The van der Waals surface area contributed by atoms with Gasteiger partial charge in [0.25, 0.3) is 0 Å². The molecule has 16 heavy (non-hydrogen) atoms. The zero-order valence-corrected chi connectivity index (χ0v) is 8.90. The molecule has 1 aromatic heterocycles. The fourth-order valence-electron chi connectivity index (χ4n) is 1.49. The summed E-state index contributed by atoms with van der Waals surface area (Å²) in [5, 5.41) is 12.3. The number of aromatic nitrogens is 1. The Hall–Kier alpha value is -2.10. The van der Waals surface area contributed by atoms with Gasteiger partial charge in [0, 0.05) is 5.39 Å². The third-order valence-electron chi connectivity index (χ3n) is 2.27. The van der Waals surface area contributed by atoms with Crippen LogP contribution in [0.25, 0.3) is 10.9 Å². The van der Waals surface area contributed by atoms with Gasteiger partial charge >= 0.3 is 5.97 Å². The Morgan fingerprint density at radius 2 is 2.12 bits per heavy atom. The highest BCUT2D eigenvalue weighted by Crippen LogP contribution is 2.16. The van der Waals surface area contributed by atoms with Crippen molar-refractivity contribution < 1.29 is 9.90 Å². The predicted octanol–water partition coefficient (Wildman–Crippen LogP) is 2.04. The molecule has 0 saturated heterocycles. The smallest absolute Gasteiger partial charge is 0.322 e. The summed E-state index contributed by atoms with van der Waals surface area (Å²) in [5.41, 5.74) is 2.01. The Morgan fingerprint density at radius 1 is 1.38 bits per heavy atom. The maximum absolute atomic E-state index is 10.4. The van der Waals surface area contributed by atoms with E-state index in [0.717, 1.165) is 16.5 Å². The molecule has 0 radical (unpaired) electrons. The van der Waals surface area contributed by atoms with Crippen LogP contribution in [0.1, 0.15) is 5.56 Å². The Morgan fingerprint density at radius 3 is 2.88 bits per heavy atom. The minimum atomic E-state index is -0.897. The van der Waals surface area contributed by atoms with Gasteiger partial charge in [0.2, 0.25) is 0 Å². The van der Waals surface area contributed by atoms with E-state index in [2.05, 4.69) is 10.3 Å². The maximum atomic E-state index is 10.4. The van der Waals surface area contributed by atoms with Gasteiger partial charge in [-0.3, -0.25) is 4.79 Å². The van der Waals surface area contributed by atoms with Crippen molar-refractivity contribution >= 4 is 22.7 Å². The summed E-state index contributed by atoms with van der Waals surface area (Å²) in [4.78, 5) is 14.7. The van der Waals surface area contributed by atoms with E-state index >= 15 is 0 Å². The number of aliphatic carboxylic acids is 1. The van der Waals surface area contributed by atoms with Gasteiger partial charge in [-0.25, -0.2) is 4.98 Å². The van der Waals surface area contributed by atoms with Crippen molar-refractivity contribution in [2.75, 3.05) is 11.9 Å². The minimum Gasteiger partial charge on any atom is -0.480 e. The molecular weight excluding hydrogens is 204 g/mol. The van der Waals surface area contributed by atoms with E-state index in [1.807, 2.05) is 31.2 Å². The van der Waals surface area contributed by atoms with Crippen molar-refractivity contribution in [3.8, 4) is 0 Å². The summed E-state index contributed by atoms with van der Waals surface area (Å²) in [7, 11) is 0. The lowest BCUT2D eigenvalue weighted by atomic mass is 10.1. The SMILES string of the molecule is Cc1ccc2ccc(NCC(=O)O)nc2c1. The summed E-state index contributed by atoms with van der Waals surface area (Å²) in [6.07, 6.45) is 0. The fraction of sp³-hybridized carbons (Fsp3) is 0.167. The number of rotatable bonds is 3. The van der Waals surface area contributed by atoms with Gasteiger partial charge in [0.1, 0.15) is 12.4 Å². The van der Waals surface area contributed by atoms with Crippen molar-refractivity contribution in [3.05, 3.63) is 35.9 Å². The molecule has 0 atom stereocenters. The number of fused-ring (bicyclic) bond motifs is 1. The minimum absolute atomic E-state index is 0.121. The summed E-state index contributed by atoms with van der Waals surface area (Å²) in [6.45, 7) is 1.88. The molecule has 0 unspecified atom stereocenters. The summed E-state index contributed by atoms with van der Waals surface area (Å²) in [5.74, 6) is -0.313. The number of benzene rings is 1. The molecule has 0 fully saturated rings. The van der Waals surface area contributed by atoms with Crippen LogP contribution in [0.5, 0.6) is 0 Å². The van der Waals surface area contributed by atoms with E-state index in [-0.39, 0.29) is 6.54 Å². The Balaban J connectivity index is 2.31. The molecule has 1 heterocycles. The average molecular weight is 216 g/mol. The third-order valence-corrected chi connectivity index (χ3v) is 2.27. The number of hydrogen-bond acceptors (Lipinski definition) is 3. The van der Waals surface area contributed by atoms with Gasteiger partial charge in [-0.15, -0.1) is 0 Å². The zero-order valence-electron chi connectivity index (χ0n) is 8.90. The molecule has 0 saturated carbocycles. The second-order valence-corrected chi connectivity index (χ2v) is 3.64. The van der Waals surface area contributed by atoms with Crippen molar-refractivity contribution in [1.82, 2.24) is 4.98 Å². The van der Waals surface area contributed by atoms with Gasteiger partial charge in [0.15, 0.2) is 0 Å². The second-order valence-electron chi connectivity index (χ2n) is 3.64. The number of carboxylic acid groups (broad SMARTS) is 1. The topological polar surface area (TPSA) is 62.2 Å². The van der Waals surface area contributed by atoms with E-state index in [0.29, 0.717) is 5.82 Å². The zero-order chi connectivity index (χ0) is 11.5. The summed E-state index contributed by atoms with van der Waals surface area (Å²) < 4.78 is 0. The largest absolute Gasteiger partial charge is 0.480 e. The van der Waals surface area contributed by atoms with Gasteiger partial charge in [0.05, 0.1) is 5.52 Å². The van der Waals surface area contributed by atoms with Crippen molar-refractivity contribution in [2.24, 2.45) is 0 Å². The van der Waals surface area contributed by atoms with Gasteiger partial charge < -0.3 is 10.4 Å². The standard InChI is InChI=1S/C12H12N2O2/c1-8-2-3-9-4-5-11(13-7-12(15)16)14-10(9)6-8/h2-6H,7H2,1H3,(H,13,14)(H,15,16). The number of hydrogen-bond donors (Lipinski definition) is 2. The molecule has 0 amide bonds. The van der Waals surface area contributed by atoms with Gasteiger partial charge in [-0.05, 0) is 30.7 Å². The lowest BCUT2D eigenvalue weighted by Crippen LogP contribution is -2.13. The first-order valence-corrected chi connectivity index (χ1v) is 4.98. The number of pyridine rings is 1. The van der Waals surface area contributed by atoms with Gasteiger partial charge in [-0.1, -0.05) is 12.1 Å². The monoisotopic (exact) mass is 216 g/mol. The molecule has 0 bridgehead atoms. The summed E-state index contributed by atoms with van der Waals surface area (Å²) >= 11 is 0. The van der Waals surface area contributed by atoms with E-state index in [1.54, 1.807) is 6.07 Å². The maximum Gasteiger partial charge on any atom is 0.322 e. The molecule has 1 aromatic carbocycles. The molecule has 0 aliphatic carbocycles. The van der Waals surface area contributed by atoms with Crippen LogP contribution in [0.3, 0.4) is 0 Å². The first kappa shape index (κ1) is 10.4. The second kappa shape index (κ2) is 4.18. The van der Waals surface area contributed by atoms with Crippen molar-refractivity contribution in [1.29, 1.82) is 0 Å². The van der Waals surface area contributed by atoms with Crippen LogP contribution in [0.2, 0.25) is 0 Å². The number of nitrogens with one attached hydrogen (secondary N) is 1. The van der Waals surface area contributed by atoms with E-state index in [1.165, 1.54) is 0 Å². The first-order chi connectivity index (χ1) is 7.65. The normalized spacial score (nSPS) is 10.3. The van der Waals surface area contributed by atoms with E-state index in [9.17, 15) is 4.79 Å². The predicted molar refractivity (Wildman–Crippen MR) is 62.6 cm³/mol. The van der Waals surface area contributed by atoms with Crippen LogP contribution >= 0.6 is 0 Å². The van der Waals surface area contributed by atoms with Crippen LogP contribution in [0, 0.1) is 6.92 Å². The van der Waals surface area contributed by atoms with Gasteiger partial charge in [-0.2, -0.15) is 0 Å². The van der Waals surface area contributed by atoms with Crippen LogP contribution in [-0.2, 0) is 4.79 Å².